The van der Waals surface area contributed by atoms with Crippen LogP contribution >= 0.6 is 11.6 Å². The first-order valence-electron chi connectivity index (χ1n) is 8.77. The summed E-state index contributed by atoms with van der Waals surface area (Å²) < 4.78 is 4.75. The lowest BCUT2D eigenvalue weighted by Gasteiger charge is -2.06. The molecule has 1 aliphatic carbocycles. The quantitative estimate of drug-likeness (QED) is 0.665. The molecule has 3 rings (SSSR count). The smallest absolute Gasteiger partial charge is 0.337 e. The molecule has 2 unspecified atom stereocenters. The van der Waals surface area contributed by atoms with Gasteiger partial charge in [-0.25, -0.2) is 4.79 Å². The molecule has 0 aromatic heterocycles. The van der Waals surface area contributed by atoms with E-state index in [0.717, 1.165) is 17.5 Å². The molecule has 0 amide bonds. The van der Waals surface area contributed by atoms with E-state index in [0.29, 0.717) is 22.4 Å². The molecule has 2 atom stereocenters. The van der Waals surface area contributed by atoms with Crippen LogP contribution in [0, 0.1) is 0 Å². The van der Waals surface area contributed by atoms with Crippen LogP contribution in [0.4, 0.5) is 0 Å². The van der Waals surface area contributed by atoms with Crippen molar-refractivity contribution in [2.24, 2.45) is 0 Å². The molecule has 25 heavy (non-hydrogen) atoms. The first-order chi connectivity index (χ1) is 12.1. The van der Waals surface area contributed by atoms with Crippen LogP contribution < -0.4 is 0 Å². The number of hydrogen-bond donors (Lipinski definition) is 1. The number of esters is 1. The number of phenols is 1. The van der Waals surface area contributed by atoms with Crippen LogP contribution in [-0.2, 0) is 4.74 Å². The number of phenolic OH excluding ortho intramolecular Hbond substituents is 1. The first kappa shape index (κ1) is 21.0. The Labute approximate surface area is 155 Å². The molecule has 4 heteroatoms. The Kier molecular flexibility index (Phi) is 8.50. The maximum absolute atomic E-state index is 11.6. The van der Waals surface area contributed by atoms with Gasteiger partial charge in [-0.15, -0.1) is 0 Å². The molecule has 0 aliphatic heterocycles. The lowest BCUT2D eigenvalue weighted by Crippen LogP contribution is -2.01. The van der Waals surface area contributed by atoms with Gasteiger partial charge in [0.05, 0.1) is 12.7 Å². The number of carbonyl (C=O) groups excluding carboxylic acids is 1. The number of carbonyl (C=O) groups is 1. The van der Waals surface area contributed by atoms with Gasteiger partial charge in [0.2, 0.25) is 0 Å². The topological polar surface area (TPSA) is 46.5 Å². The summed E-state index contributed by atoms with van der Waals surface area (Å²) in [6.07, 6.45) is 0.995. The van der Waals surface area contributed by atoms with Gasteiger partial charge in [-0.3, -0.25) is 0 Å². The molecule has 0 bridgehead atoms. The zero-order valence-corrected chi connectivity index (χ0v) is 16.3. The SMILES string of the molecule is CC.CC.COC(=O)c1cccc(C2CC2c2ccc(O)cc2Cl)c1. The minimum atomic E-state index is -0.322. The predicted molar refractivity (Wildman–Crippen MR) is 104 cm³/mol. The molecule has 2 aromatic rings. The van der Waals surface area contributed by atoms with E-state index in [-0.39, 0.29) is 11.7 Å². The molecular formula is C21H27ClO3. The molecule has 1 N–H and O–H groups in total. The second-order valence-corrected chi connectivity index (χ2v) is 5.68. The molecule has 1 saturated carbocycles. The molecule has 0 spiro atoms. The number of rotatable bonds is 3. The molecule has 136 valence electrons. The van der Waals surface area contributed by atoms with Crippen molar-refractivity contribution in [3.05, 3.63) is 64.2 Å². The standard InChI is InChI=1S/C17H15ClO3.2C2H6/c1-21-17(20)11-4-2-3-10(7-11)14-9-15(14)13-6-5-12(19)8-16(13)18;2*1-2/h2-8,14-15,19H,9H2,1H3;2*1-2H3. The van der Waals surface area contributed by atoms with E-state index < -0.39 is 0 Å². The fraction of sp³-hybridized carbons (Fsp3) is 0.381. The minimum Gasteiger partial charge on any atom is -0.508 e. The molecule has 0 saturated heterocycles. The van der Waals surface area contributed by atoms with Gasteiger partial charge in [-0.1, -0.05) is 57.5 Å². The van der Waals surface area contributed by atoms with Crippen molar-refractivity contribution < 1.29 is 14.6 Å². The highest BCUT2D eigenvalue weighted by atomic mass is 35.5. The van der Waals surface area contributed by atoms with Crippen molar-refractivity contribution >= 4 is 17.6 Å². The van der Waals surface area contributed by atoms with Crippen LogP contribution in [-0.4, -0.2) is 18.2 Å². The second kappa shape index (κ2) is 10.1. The number of hydrogen-bond acceptors (Lipinski definition) is 3. The summed E-state index contributed by atoms with van der Waals surface area (Å²) in [7, 11) is 1.38. The number of ether oxygens (including phenoxy) is 1. The third-order valence-electron chi connectivity index (χ3n) is 3.91. The molecule has 3 nitrogen and oxygen atoms in total. The number of benzene rings is 2. The van der Waals surface area contributed by atoms with Gasteiger partial charge in [-0.05, 0) is 53.6 Å². The number of aromatic hydroxyl groups is 1. The predicted octanol–water partition coefficient (Wildman–Crippen LogP) is 6.16. The maximum Gasteiger partial charge on any atom is 0.337 e. The maximum atomic E-state index is 11.6. The Morgan fingerprint density at radius 1 is 1.08 bits per heavy atom. The molecule has 0 radical (unpaired) electrons. The van der Waals surface area contributed by atoms with Gasteiger partial charge >= 0.3 is 5.97 Å². The average molecular weight is 363 g/mol. The van der Waals surface area contributed by atoms with E-state index in [9.17, 15) is 9.90 Å². The van der Waals surface area contributed by atoms with Crippen molar-refractivity contribution in [3.8, 4) is 5.75 Å². The lowest BCUT2D eigenvalue weighted by molar-refractivity contribution is 0.0600. The van der Waals surface area contributed by atoms with Crippen LogP contribution in [0.3, 0.4) is 0 Å². The van der Waals surface area contributed by atoms with Gasteiger partial charge in [-0.2, -0.15) is 0 Å². The Morgan fingerprint density at radius 3 is 2.36 bits per heavy atom. The van der Waals surface area contributed by atoms with E-state index in [1.807, 2.05) is 52.0 Å². The highest BCUT2D eigenvalue weighted by molar-refractivity contribution is 6.31. The van der Waals surface area contributed by atoms with Gasteiger partial charge in [0.25, 0.3) is 0 Å². The third kappa shape index (κ3) is 5.23. The van der Waals surface area contributed by atoms with E-state index in [1.54, 1.807) is 18.2 Å². The van der Waals surface area contributed by atoms with Crippen LogP contribution in [0.25, 0.3) is 0 Å². The summed E-state index contributed by atoms with van der Waals surface area (Å²) in [4.78, 5) is 11.6. The summed E-state index contributed by atoms with van der Waals surface area (Å²) in [6.45, 7) is 8.00. The van der Waals surface area contributed by atoms with Crippen LogP contribution in [0.2, 0.25) is 5.02 Å². The van der Waals surface area contributed by atoms with Crippen LogP contribution in [0.1, 0.15) is 67.4 Å². The first-order valence-corrected chi connectivity index (χ1v) is 9.14. The van der Waals surface area contributed by atoms with Crippen molar-refractivity contribution in [1.82, 2.24) is 0 Å². The Balaban J connectivity index is 0.000000730. The summed E-state index contributed by atoms with van der Waals surface area (Å²) in [5.41, 5.74) is 2.73. The van der Waals surface area contributed by atoms with E-state index in [4.69, 9.17) is 16.3 Å². The van der Waals surface area contributed by atoms with Gasteiger partial charge in [0.1, 0.15) is 5.75 Å². The van der Waals surface area contributed by atoms with Gasteiger partial charge < -0.3 is 9.84 Å². The highest BCUT2D eigenvalue weighted by Crippen LogP contribution is 2.56. The molecule has 1 aliphatic rings. The second-order valence-electron chi connectivity index (χ2n) is 5.27. The average Bonchev–Trinajstić information content (AvgIpc) is 3.45. The minimum absolute atomic E-state index is 0.175. The third-order valence-corrected chi connectivity index (χ3v) is 4.24. The fourth-order valence-corrected chi connectivity index (χ4v) is 3.05. The zero-order valence-electron chi connectivity index (χ0n) is 15.5. The largest absolute Gasteiger partial charge is 0.508 e. The summed E-state index contributed by atoms with van der Waals surface area (Å²) in [6, 6.07) is 12.6. The van der Waals surface area contributed by atoms with Crippen LogP contribution in [0.5, 0.6) is 5.75 Å². The lowest BCUT2D eigenvalue weighted by atomic mass is 10.0. The fourth-order valence-electron chi connectivity index (χ4n) is 2.74. The van der Waals surface area contributed by atoms with Gasteiger partial charge in [0, 0.05) is 5.02 Å². The molecule has 2 aromatic carbocycles. The summed E-state index contributed by atoms with van der Waals surface area (Å²) in [5, 5.41) is 10.0. The normalized spacial score (nSPS) is 17.4. The highest BCUT2D eigenvalue weighted by Gasteiger charge is 2.40. The van der Waals surface area contributed by atoms with Crippen molar-refractivity contribution in [2.45, 2.75) is 46.0 Å². The van der Waals surface area contributed by atoms with E-state index in [1.165, 1.54) is 7.11 Å². The van der Waals surface area contributed by atoms with Crippen LogP contribution in [0.15, 0.2) is 42.5 Å². The van der Waals surface area contributed by atoms with E-state index >= 15 is 0 Å². The molecular weight excluding hydrogens is 336 g/mol. The van der Waals surface area contributed by atoms with Crippen molar-refractivity contribution in [2.75, 3.05) is 7.11 Å². The van der Waals surface area contributed by atoms with Gasteiger partial charge in [0.15, 0.2) is 0 Å². The molecule has 0 heterocycles. The monoisotopic (exact) mass is 362 g/mol. The summed E-state index contributed by atoms with van der Waals surface area (Å²) >= 11 is 6.19. The van der Waals surface area contributed by atoms with Crippen molar-refractivity contribution in [1.29, 1.82) is 0 Å². The van der Waals surface area contributed by atoms with E-state index in [2.05, 4.69) is 0 Å². The number of halogens is 1. The Morgan fingerprint density at radius 2 is 1.76 bits per heavy atom. The summed E-state index contributed by atoms with van der Waals surface area (Å²) in [5.74, 6) is 0.549. The zero-order chi connectivity index (χ0) is 19.0. The Bertz CT molecular complexity index is 697. The molecule has 1 fully saturated rings. The number of methoxy groups -OCH3 is 1. The Hall–Kier alpha value is -2.00. The van der Waals surface area contributed by atoms with Crippen molar-refractivity contribution in [3.63, 3.8) is 0 Å².